The molecule has 1 rings (SSSR count). The Kier molecular flexibility index (Phi) is 6.83. The maximum Gasteiger partial charge on any atom is 0.162 e. The fourth-order valence-corrected chi connectivity index (χ4v) is 1.90. The summed E-state index contributed by atoms with van der Waals surface area (Å²) in [6.07, 6.45) is 2.29. The topological polar surface area (TPSA) is 21.3 Å². The zero-order valence-corrected chi connectivity index (χ0v) is 11.0. The first-order valence-electron chi connectivity index (χ1n) is 6.37. The third kappa shape index (κ3) is 4.70. The van der Waals surface area contributed by atoms with Crippen LogP contribution in [0.2, 0.25) is 0 Å². The average molecular weight is 257 g/mol. The van der Waals surface area contributed by atoms with Gasteiger partial charge in [0.15, 0.2) is 11.6 Å². The fraction of sp³-hybridized carbons (Fsp3) is 0.571. The second kappa shape index (κ2) is 8.16. The van der Waals surface area contributed by atoms with E-state index >= 15 is 0 Å². The van der Waals surface area contributed by atoms with E-state index in [9.17, 15) is 8.78 Å². The van der Waals surface area contributed by atoms with E-state index in [1.165, 1.54) is 0 Å². The standard InChI is InChI=1S/C14H21F2NO/c1-3-18-9-5-7-12(17-2)10-11-6-4-8-13(15)14(11)16/h4,6,8,12,17H,3,5,7,9-10H2,1-2H3. The van der Waals surface area contributed by atoms with Crippen molar-refractivity contribution < 1.29 is 13.5 Å². The zero-order chi connectivity index (χ0) is 13.4. The number of rotatable bonds is 8. The molecule has 4 heteroatoms. The molecule has 102 valence electrons. The van der Waals surface area contributed by atoms with Crippen molar-refractivity contribution in [1.82, 2.24) is 5.32 Å². The number of hydrogen-bond acceptors (Lipinski definition) is 2. The maximum absolute atomic E-state index is 13.5. The molecule has 0 radical (unpaired) electrons. The SMILES string of the molecule is CCOCCCC(Cc1cccc(F)c1F)NC. The van der Waals surface area contributed by atoms with Crippen LogP contribution in [-0.2, 0) is 11.2 Å². The fourth-order valence-electron chi connectivity index (χ4n) is 1.90. The van der Waals surface area contributed by atoms with Crippen LogP contribution in [0, 0.1) is 11.6 Å². The Morgan fingerprint density at radius 2 is 2.11 bits per heavy atom. The normalized spacial score (nSPS) is 12.7. The minimum Gasteiger partial charge on any atom is -0.382 e. The summed E-state index contributed by atoms with van der Waals surface area (Å²) < 4.78 is 31.8. The van der Waals surface area contributed by atoms with Crippen LogP contribution in [0.4, 0.5) is 8.78 Å². The van der Waals surface area contributed by atoms with Crippen LogP contribution in [0.1, 0.15) is 25.3 Å². The molecule has 1 unspecified atom stereocenters. The first-order chi connectivity index (χ1) is 8.69. The van der Waals surface area contributed by atoms with E-state index < -0.39 is 11.6 Å². The summed E-state index contributed by atoms with van der Waals surface area (Å²) >= 11 is 0. The van der Waals surface area contributed by atoms with Crippen molar-refractivity contribution in [2.24, 2.45) is 0 Å². The number of ether oxygens (including phenoxy) is 1. The highest BCUT2D eigenvalue weighted by molar-refractivity contribution is 5.19. The summed E-state index contributed by atoms with van der Waals surface area (Å²) in [5.74, 6) is -1.51. The Morgan fingerprint density at radius 3 is 2.78 bits per heavy atom. The Balaban J connectivity index is 2.49. The van der Waals surface area contributed by atoms with Gasteiger partial charge in [0, 0.05) is 19.3 Å². The zero-order valence-electron chi connectivity index (χ0n) is 11.0. The molecule has 18 heavy (non-hydrogen) atoms. The van der Waals surface area contributed by atoms with Crippen molar-refractivity contribution in [2.45, 2.75) is 32.2 Å². The Morgan fingerprint density at radius 1 is 1.33 bits per heavy atom. The van der Waals surface area contributed by atoms with Crippen molar-refractivity contribution in [1.29, 1.82) is 0 Å². The molecule has 0 heterocycles. The van der Waals surface area contributed by atoms with E-state index in [2.05, 4.69) is 5.32 Å². The second-order valence-electron chi connectivity index (χ2n) is 4.24. The molecule has 1 atom stereocenters. The lowest BCUT2D eigenvalue weighted by molar-refractivity contribution is 0.141. The van der Waals surface area contributed by atoms with Gasteiger partial charge in [0.25, 0.3) is 0 Å². The minimum atomic E-state index is -0.781. The van der Waals surface area contributed by atoms with Crippen LogP contribution >= 0.6 is 0 Å². The smallest absolute Gasteiger partial charge is 0.162 e. The summed E-state index contributed by atoms with van der Waals surface area (Å²) in [6.45, 7) is 3.38. The summed E-state index contributed by atoms with van der Waals surface area (Å²) in [5.41, 5.74) is 0.422. The van der Waals surface area contributed by atoms with Crippen LogP contribution in [0.25, 0.3) is 0 Å². The van der Waals surface area contributed by atoms with Crippen LogP contribution in [0.5, 0.6) is 0 Å². The Bertz CT molecular complexity index is 358. The molecular weight excluding hydrogens is 236 g/mol. The van der Waals surface area contributed by atoms with Crippen molar-refractivity contribution in [2.75, 3.05) is 20.3 Å². The molecule has 1 aromatic carbocycles. The van der Waals surface area contributed by atoms with Gasteiger partial charge in [-0.25, -0.2) is 8.78 Å². The molecule has 1 N–H and O–H groups in total. The molecule has 0 amide bonds. The first kappa shape index (κ1) is 15.1. The van der Waals surface area contributed by atoms with Gasteiger partial charge in [-0.3, -0.25) is 0 Å². The third-order valence-electron chi connectivity index (χ3n) is 2.95. The highest BCUT2D eigenvalue weighted by Crippen LogP contribution is 2.14. The quantitative estimate of drug-likeness (QED) is 0.723. The maximum atomic E-state index is 13.5. The van der Waals surface area contributed by atoms with E-state index in [0.717, 1.165) is 18.9 Å². The lowest BCUT2D eigenvalue weighted by Crippen LogP contribution is -2.28. The highest BCUT2D eigenvalue weighted by atomic mass is 19.2. The summed E-state index contributed by atoms with van der Waals surface area (Å²) in [5, 5.41) is 3.13. The molecule has 2 nitrogen and oxygen atoms in total. The number of halogens is 2. The monoisotopic (exact) mass is 257 g/mol. The molecule has 0 saturated heterocycles. The van der Waals surface area contributed by atoms with Gasteiger partial charge in [0.1, 0.15) is 0 Å². The molecule has 0 fully saturated rings. The van der Waals surface area contributed by atoms with Crippen LogP contribution in [0.15, 0.2) is 18.2 Å². The predicted octanol–water partition coefficient (Wildman–Crippen LogP) is 2.91. The molecule has 0 aliphatic rings. The molecule has 0 bridgehead atoms. The van der Waals surface area contributed by atoms with E-state index in [-0.39, 0.29) is 6.04 Å². The molecule has 0 saturated carbocycles. The van der Waals surface area contributed by atoms with Gasteiger partial charge in [0.2, 0.25) is 0 Å². The lowest BCUT2D eigenvalue weighted by atomic mass is 10.0. The van der Waals surface area contributed by atoms with E-state index in [0.29, 0.717) is 25.2 Å². The van der Waals surface area contributed by atoms with Gasteiger partial charge in [-0.05, 0) is 44.9 Å². The molecule has 0 aromatic heterocycles. The number of nitrogens with one attached hydrogen (secondary N) is 1. The molecule has 1 aromatic rings. The van der Waals surface area contributed by atoms with Gasteiger partial charge >= 0.3 is 0 Å². The Labute approximate surface area is 107 Å². The molecule has 0 spiro atoms. The largest absolute Gasteiger partial charge is 0.382 e. The van der Waals surface area contributed by atoms with Gasteiger partial charge < -0.3 is 10.1 Å². The second-order valence-corrected chi connectivity index (χ2v) is 4.24. The van der Waals surface area contributed by atoms with Crippen LogP contribution < -0.4 is 5.32 Å². The summed E-state index contributed by atoms with van der Waals surface area (Å²) in [6, 6.07) is 4.45. The van der Waals surface area contributed by atoms with Crippen molar-refractivity contribution in [3.8, 4) is 0 Å². The van der Waals surface area contributed by atoms with E-state index in [1.54, 1.807) is 12.1 Å². The average Bonchev–Trinajstić information content (AvgIpc) is 2.38. The van der Waals surface area contributed by atoms with Crippen LogP contribution in [0.3, 0.4) is 0 Å². The van der Waals surface area contributed by atoms with Crippen molar-refractivity contribution in [3.05, 3.63) is 35.4 Å². The van der Waals surface area contributed by atoms with Crippen molar-refractivity contribution >= 4 is 0 Å². The summed E-state index contributed by atoms with van der Waals surface area (Å²) in [7, 11) is 1.84. The predicted molar refractivity (Wildman–Crippen MR) is 68.6 cm³/mol. The third-order valence-corrected chi connectivity index (χ3v) is 2.95. The molecular formula is C14H21F2NO. The molecule has 0 aliphatic heterocycles. The lowest BCUT2D eigenvalue weighted by Gasteiger charge is -2.16. The number of likely N-dealkylation sites (N-methyl/N-ethyl adjacent to an activating group) is 1. The number of hydrogen-bond donors (Lipinski definition) is 1. The summed E-state index contributed by atoms with van der Waals surface area (Å²) in [4.78, 5) is 0. The highest BCUT2D eigenvalue weighted by Gasteiger charge is 2.12. The van der Waals surface area contributed by atoms with Gasteiger partial charge in [-0.1, -0.05) is 12.1 Å². The van der Waals surface area contributed by atoms with E-state index in [1.807, 2.05) is 14.0 Å². The van der Waals surface area contributed by atoms with Gasteiger partial charge in [-0.15, -0.1) is 0 Å². The van der Waals surface area contributed by atoms with E-state index in [4.69, 9.17) is 4.74 Å². The molecule has 0 aliphatic carbocycles. The van der Waals surface area contributed by atoms with Crippen molar-refractivity contribution in [3.63, 3.8) is 0 Å². The Hall–Kier alpha value is -1.00. The minimum absolute atomic E-state index is 0.141. The van der Waals surface area contributed by atoms with Gasteiger partial charge in [0.05, 0.1) is 0 Å². The number of benzene rings is 1. The van der Waals surface area contributed by atoms with Gasteiger partial charge in [-0.2, -0.15) is 0 Å². The van der Waals surface area contributed by atoms with Crippen LogP contribution in [-0.4, -0.2) is 26.3 Å². The first-order valence-corrected chi connectivity index (χ1v) is 6.37.